The van der Waals surface area contributed by atoms with Crippen LogP contribution < -0.4 is 16.8 Å². The lowest BCUT2D eigenvalue weighted by Crippen LogP contribution is -2.55. The number of hydrogen-bond acceptors (Lipinski definition) is 5. The van der Waals surface area contributed by atoms with Crippen LogP contribution in [0.5, 0.6) is 0 Å². The van der Waals surface area contributed by atoms with Crippen molar-refractivity contribution in [2.45, 2.75) is 32.9 Å². The van der Waals surface area contributed by atoms with Crippen molar-refractivity contribution >= 4 is 17.8 Å². The fraction of sp³-hybridized carbons (Fsp3) is 0.700. The van der Waals surface area contributed by atoms with E-state index in [1.165, 1.54) is 0 Å². The standard InChI is InChI=1S/C10H19N3O4/c1-4-17-10(16)6(11)9(15)13-7(5(2)3)8(12)14/h5-7H,4,11H2,1-3H3,(H2,12,14)(H,13,15). The summed E-state index contributed by atoms with van der Waals surface area (Å²) in [6, 6.07) is -2.31. The lowest BCUT2D eigenvalue weighted by molar-refractivity contribution is -0.148. The molecule has 17 heavy (non-hydrogen) atoms. The van der Waals surface area contributed by atoms with Gasteiger partial charge in [-0.15, -0.1) is 0 Å². The summed E-state index contributed by atoms with van der Waals surface area (Å²) in [5, 5.41) is 2.32. The predicted molar refractivity (Wildman–Crippen MR) is 60.6 cm³/mol. The Bertz CT molecular complexity index is 304. The van der Waals surface area contributed by atoms with E-state index in [0.29, 0.717) is 0 Å². The molecule has 2 atom stereocenters. The molecule has 0 aliphatic carbocycles. The van der Waals surface area contributed by atoms with Gasteiger partial charge in [0.1, 0.15) is 6.04 Å². The van der Waals surface area contributed by atoms with E-state index in [0.717, 1.165) is 0 Å². The molecule has 0 saturated heterocycles. The summed E-state index contributed by atoms with van der Waals surface area (Å²) in [4.78, 5) is 33.8. The third-order valence-electron chi connectivity index (χ3n) is 2.09. The molecule has 0 fully saturated rings. The zero-order valence-corrected chi connectivity index (χ0v) is 10.2. The van der Waals surface area contributed by atoms with Gasteiger partial charge in [-0.2, -0.15) is 0 Å². The van der Waals surface area contributed by atoms with Crippen LogP contribution in [0.25, 0.3) is 0 Å². The van der Waals surface area contributed by atoms with Crippen molar-refractivity contribution in [1.29, 1.82) is 0 Å². The number of amides is 2. The zero-order valence-electron chi connectivity index (χ0n) is 10.2. The Morgan fingerprint density at radius 1 is 1.29 bits per heavy atom. The van der Waals surface area contributed by atoms with Crippen LogP contribution in [0.2, 0.25) is 0 Å². The van der Waals surface area contributed by atoms with Gasteiger partial charge < -0.3 is 21.5 Å². The summed E-state index contributed by atoms with van der Waals surface area (Å²) in [5.41, 5.74) is 10.5. The lowest BCUT2D eigenvalue weighted by Gasteiger charge is -2.20. The van der Waals surface area contributed by atoms with Crippen molar-refractivity contribution in [3.05, 3.63) is 0 Å². The summed E-state index contributed by atoms with van der Waals surface area (Å²) < 4.78 is 4.59. The van der Waals surface area contributed by atoms with Gasteiger partial charge in [-0.05, 0) is 12.8 Å². The summed E-state index contributed by atoms with van der Waals surface area (Å²) in [6.45, 7) is 5.16. The van der Waals surface area contributed by atoms with Crippen molar-refractivity contribution in [3.8, 4) is 0 Å². The van der Waals surface area contributed by atoms with Gasteiger partial charge in [-0.3, -0.25) is 9.59 Å². The number of hydrogen-bond donors (Lipinski definition) is 3. The number of primary amides is 1. The molecule has 0 bridgehead atoms. The normalized spacial score (nSPS) is 13.9. The first-order valence-corrected chi connectivity index (χ1v) is 5.33. The van der Waals surface area contributed by atoms with E-state index in [9.17, 15) is 14.4 Å². The van der Waals surface area contributed by atoms with Crippen molar-refractivity contribution in [3.63, 3.8) is 0 Å². The molecule has 0 aromatic heterocycles. The number of esters is 1. The van der Waals surface area contributed by atoms with Crippen LogP contribution in [0.1, 0.15) is 20.8 Å². The van der Waals surface area contributed by atoms with Gasteiger partial charge >= 0.3 is 5.97 Å². The molecule has 0 saturated carbocycles. The molecule has 0 rings (SSSR count). The number of carbonyl (C=O) groups excluding carboxylic acids is 3. The molecule has 7 nitrogen and oxygen atoms in total. The number of carbonyl (C=O) groups is 3. The highest BCUT2D eigenvalue weighted by atomic mass is 16.5. The molecule has 0 radical (unpaired) electrons. The summed E-state index contributed by atoms with van der Waals surface area (Å²) in [5.74, 6) is -2.48. The molecule has 98 valence electrons. The number of nitrogens with one attached hydrogen (secondary N) is 1. The van der Waals surface area contributed by atoms with Crippen molar-refractivity contribution in [2.75, 3.05) is 6.61 Å². The quantitative estimate of drug-likeness (QED) is 0.388. The van der Waals surface area contributed by atoms with Crippen LogP contribution in [0, 0.1) is 5.92 Å². The maximum Gasteiger partial charge on any atom is 0.332 e. The van der Waals surface area contributed by atoms with Crippen molar-refractivity contribution < 1.29 is 19.1 Å². The van der Waals surface area contributed by atoms with Crippen LogP contribution in [0.3, 0.4) is 0 Å². The molecule has 0 aliphatic heterocycles. The Morgan fingerprint density at radius 2 is 1.82 bits per heavy atom. The molecule has 2 unspecified atom stereocenters. The van der Waals surface area contributed by atoms with Gasteiger partial charge in [0.15, 0.2) is 6.04 Å². The van der Waals surface area contributed by atoms with Crippen LogP contribution >= 0.6 is 0 Å². The van der Waals surface area contributed by atoms with Crippen LogP contribution in [0.4, 0.5) is 0 Å². The average Bonchev–Trinajstić information content (AvgIpc) is 2.23. The molecule has 0 aromatic rings. The first-order valence-electron chi connectivity index (χ1n) is 5.33. The monoisotopic (exact) mass is 245 g/mol. The second kappa shape index (κ2) is 6.85. The Morgan fingerprint density at radius 3 is 2.18 bits per heavy atom. The van der Waals surface area contributed by atoms with E-state index in [2.05, 4.69) is 10.1 Å². The number of rotatable bonds is 6. The van der Waals surface area contributed by atoms with Crippen molar-refractivity contribution in [2.24, 2.45) is 17.4 Å². The molecule has 2 amide bonds. The lowest BCUT2D eigenvalue weighted by atomic mass is 10.0. The minimum absolute atomic E-state index is 0.128. The maximum absolute atomic E-state index is 11.5. The minimum Gasteiger partial charge on any atom is -0.464 e. The third kappa shape index (κ3) is 4.81. The minimum atomic E-state index is -1.45. The van der Waals surface area contributed by atoms with Gasteiger partial charge in [-0.25, -0.2) is 4.79 Å². The van der Waals surface area contributed by atoms with Gasteiger partial charge in [0.2, 0.25) is 11.8 Å². The topological polar surface area (TPSA) is 125 Å². The van der Waals surface area contributed by atoms with Gasteiger partial charge in [0, 0.05) is 0 Å². The number of nitrogens with two attached hydrogens (primary N) is 2. The summed E-state index contributed by atoms with van der Waals surface area (Å²) in [6.07, 6.45) is 0. The van der Waals surface area contributed by atoms with E-state index < -0.39 is 29.9 Å². The Labute approximate surface area is 99.9 Å². The van der Waals surface area contributed by atoms with Crippen LogP contribution in [0.15, 0.2) is 0 Å². The van der Waals surface area contributed by atoms with Gasteiger partial charge in [-0.1, -0.05) is 13.8 Å². The van der Waals surface area contributed by atoms with E-state index in [-0.39, 0.29) is 12.5 Å². The largest absolute Gasteiger partial charge is 0.464 e. The highest BCUT2D eigenvalue weighted by Crippen LogP contribution is 2.01. The highest BCUT2D eigenvalue weighted by Gasteiger charge is 2.28. The Kier molecular flexibility index (Phi) is 6.19. The smallest absolute Gasteiger partial charge is 0.332 e. The first-order chi connectivity index (χ1) is 7.81. The fourth-order valence-corrected chi connectivity index (χ4v) is 1.15. The Balaban J connectivity index is 4.51. The SMILES string of the molecule is CCOC(=O)C(N)C(=O)NC(C(N)=O)C(C)C. The molecule has 0 aromatic carbocycles. The molecule has 0 spiro atoms. The second-order valence-corrected chi connectivity index (χ2v) is 3.86. The molecule has 5 N–H and O–H groups in total. The molecule has 7 heteroatoms. The molecule has 0 aliphatic rings. The fourth-order valence-electron chi connectivity index (χ4n) is 1.15. The van der Waals surface area contributed by atoms with Crippen LogP contribution in [-0.4, -0.2) is 36.5 Å². The van der Waals surface area contributed by atoms with E-state index >= 15 is 0 Å². The molecular weight excluding hydrogens is 226 g/mol. The maximum atomic E-state index is 11.5. The van der Waals surface area contributed by atoms with Crippen LogP contribution in [-0.2, 0) is 19.1 Å². The number of ether oxygens (including phenoxy) is 1. The van der Waals surface area contributed by atoms with E-state index in [4.69, 9.17) is 11.5 Å². The zero-order chi connectivity index (χ0) is 13.6. The summed E-state index contributed by atoms with van der Waals surface area (Å²) in [7, 11) is 0. The first kappa shape index (κ1) is 15.4. The average molecular weight is 245 g/mol. The van der Waals surface area contributed by atoms with Crippen molar-refractivity contribution in [1.82, 2.24) is 5.32 Å². The molecular formula is C10H19N3O4. The van der Waals surface area contributed by atoms with Gasteiger partial charge in [0.05, 0.1) is 6.61 Å². The summed E-state index contributed by atoms with van der Waals surface area (Å²) >= 11 is 0. The molecule has 0 heterocycles. The predicted octanol–water partition coefficient (Wildman–Crippen LogP) is -1.50. The van der Waals surface area contributed by atoms with E-state index in [1.54, 1.807) is 20.8 Å². The highest BCUT2D eigenvalue weighted by molar-refractivity contribution is 6.03. The van der Waals surface area contributed by atoms with Gasteiger partial charge in [0.25, 0.3) is 0 Å². The van der Waals surface area contributed by atoms with E-state index in [1.807, 2.05) is 0 Å². The second-order valence-electron chi connectivity index (χ2n) is 3.86. The third-order valence-corrected chi connectivity index (χ3v) is 2.09. The Hall–Kier alpha value is -1.63.